The minimum atomic E-state index is -3.34. The van der Waals surface area contributed by atoms with Crippen molar-refractivity contribution in [3.05, 3.63) is 0 Å². The van der Waals surface area contributed by atoms with E-state index in [0.717, 1.165) is 19.4 Å². The molecule has 2 aliphatic heterocycles. The Balaban J connectivity index is 2.05. The van der Waals surface area contributed by atoms with E-state index < -0.39 is 10.2 Å². The molecule has 1 N–H and O–H groups in total. The van der Waals surface area contributed by atoms with Crippen molar-refractivity contribution in [3.63, 3.8) is 0 Å². The summed E-state index contributed by atoms with van der Waals surface area (Å²) >= 11 is 0. The van der Waals surface area contributed by atoms with Gasteiger partial charge in [0, 0.05) is 26.2 Å². The van der Waals surface area contributed by atoms with Crippen molar-refractivity contribution >= 4 is 10.2 Å². The van der Waals surface area contributed by atoms with Crippen LogP contribution in [0.3, 0.4) is 0 Å². The van der Waals surface area contributed by atoms with Gasteiger partial charge in [-0.25, -0.2) is 0 Å². The molecule has 0 bridgehead atoms. The van der Waals surface area contributed by atoms with Crippen LogP contribution in [0.4, 0.5) is 0 Å². The molecule has 0 aliphatic carbocycles. The number of hydrogen-bond donors (Lipinski definition) is 1. The van der Waals surface area contributed by atoms with Gasteiger partial charge in [0.1, 0.15) is 0 Å². The highest BCUT2D eigenvalue weighted by Crippen LogP contribution is 2.23. The van der Waals surface area contributed by atoms with Crippen LogP contribution in [0.1, 0.15) is 26.7 Å². The van der Waals surface area contributed by atoms with Crippen molar-refractivity contribution in [1.82, 2.24) is 13.9 Å². The van der Waals surface area contributed by atoms with E-state index >= 15 is 0 Å². The summed E-state index contributed by atoms with van der Waals surface area (Å²) in [5.41, 5.74) is 0. The zero-order chi connectivity index (χ0) is 14.8. The van der Waals surface area contributed by atoms with Gasteiger partial charge in [0.05, 0.1) is 12.2 Å². The fraction of sp³-hybridized carbons (Fsp3) is 1.00. The SMILES string of the molecule is CNCC1CCCN(S(=O)(=O)N2CC(C)OC(C)C2)C1. The molecule has 6 nitrogen and oxygen atoms in total. The average molecular weight is 305 g/mol. The van der Waals surface area contributed by atoms with Crippen molar-refractivity contribution in [2.45, 2.75) is 38.9 Å². The van der Waals surface area contributed by atoms with Crippen molar-refractivity contribution in [2.24, 2.45) is 5.92 Å². The monoisotopic (exact) mass is 305 g/mol. The van der Waals surface area contributed by atoms with E-state index in [4.69, 9.17) is 4.74 Å². The summed E-state index contributed by atoms with van der Waals surface area (Å²) in [6, 6.07) is 0. The molecule has 3 unspecified atom stereocenters. The molecule has 0 aromatic rings. The Labute approximate surface area is 122 Å². The molecule has 2 saturated heterocycles. The van der Waals surface area contributed by atoms with Gasteiger partial charge in [0.25, 0.3) is 10.2 Å². The first kappa shape index (κ1) is 16.2. The summed E-state index contributed by atoms with van der Waals surface area (Å²) in [6.07, 6.45) is 1.97. The molecule has 20 heavy (non-hydrogen) atoms. The largest absolute Gasteiger partial charge is 0.373 e. The summed E-state index contributed by atoms with van der Waals surface area (Å²) in [5, 5.41) is 3.15. The van der Waals surface area contributed by atoms with Crippen LogP contribution < -0.4 is 5.32 Å². The molecular formula is C13H27N3O3S. The van der Waals surface area contributed by atoms with Crippen LogP contribution in [0.5, 0.6) is 0 Å². The third-order valence-electron chi connectivity index (χ3n) is 4.01. The van der Waals surface area contributed by atoms with Crippen LogP contribution in [-0.2, 0) is 14.9 Å². The molecule has 2 aliphatic rings. The second-order valence-electron chi connectivity index (χ2n) is 6.01. The molecule has 3 atom stereocenters. The molecule has 0 spiro atoms. The standard InChI is InChI=1S/C13H27N3O3S/c1-11-8-16(9-12(2)19-11)20(17,18)15-6-4-5-13(10-15)7-14-3/h11-14H,4-10H2,1-3H3. The van der Waals surface area contributed by atoms with Gasteiger partial charge in [-0.15, -0.1) is 0 Å². The van der Waals surface area contributed by atoms with Gasteiger partial charge in [-0.1, -0.05) is 0 Å². The smallest absolute Gasteiger partial charge is 0.282 e. The lowest BCUT2D eigenvalue weighted by Gasteiger charge is -2.39. The van der Waals surface area contributed by atoms with Crippen molar-refractivity contribution < 1.29 is 13.2 Å². The first-order chi connectivity index (χ1) is 9.43. The van der Waals surface area contributed by atoms with Gasteiger partial charge >= 0.3 is 0 Å². The Morgan fingerprint density at radius 1 is 1.15 bits per heavy atom. The lowest BCUT2D eigenvalue weighted by Crippen LogP contribution is -2.55. The van der Waals surface area contributed by atoms with Gasteiger partial charge in [0.2, 0.25) is 0 Å². The third kappa shape index (κ3) is 3.71. The number of ether oxygens (including phenoxy) is 1. The van der Waals surface area contributed by atoms with Gasteiger partial charge in [-0.2, -0.15) is 17.0 Å². The summed E-state index contributed by atoms with van der Waals surface area (Å²) in [7, 11) is -1.43. The van der Waals surface area contributed by atoms with Gasteiger partial charge in [-0.3, -0.25) is 0 Å². The van der Waals surface area contributed by atoms with E-state index in [1.807, 2.05) is 20.9 Å². The molecule has 7 heteroatoms. The highest BCUT2D eigenvalue weighted by atomic mass is 32.2. The van der Waals surface area contributed by atoms with Crippen LogP contribution in [0, 0.1) is 5.92 Å². The maximum atomic E-state index is 12.8. The molecule has 2 rings (SSSR count). The quantitative estimate of drug-likeness (QED) is 0.810. The van der Waals surface area contributed by atoms with Crippen molar-refractivity contribution in [3.8, 4) is 0 Å². The molecule has 2 fully saturated rings. The van der Waals surface area contributed by atoms with Crippen LogP contribution in [0.2, 0.25) is 0 Å². The average Bonchev–Trinajstić information content (AvgIpc) is 2.38. The number of piperidine rings is 1. The summed E-state index contributed by atoms with van der Waals surface area (Å²) in [4.78, 5) is 0. The summed E-state index contributed by atoms with van der Waals surface area (Å²) in [6.45, 7) is 6.92. The highest BCUT2D eigenvalue weighted by molar-refractivity contribution is 7.86. The second kappa shape index (κ2) is 6.70. The maximum Gasteiger partial charge on any atom is 0.282 e. The zero-order valence-corrected chi connectivity index (χ0v) is 13.5. The minimum Gasteiger partial charge on any atom is -0.373 e. The number of nitrogens with one attached hydrogen (secondary N) is 1. The molecular weight excluding hydrogens is 278 g/mol. The Morgan fingerprint density at radius 2 is 1.80 bits per heavy atom. The summed E-state index contributed by atoms with van der Waals surface area (Å²) < 4.78 is 34.4. The molecule has 118 valence electrons. The molecule has 0 saturated carbocycles. The van der Waals surface area contributed by atoms with E-state index in [0.29, 0.717) is 32.1 Å². The molecule has 0 amide bonds. The van der Waals surface area contributed by atoms with Crippen molar-refractivity contribution in [1.29, 1.82) is 0 Å². The van der Waals surface area contributed by atoms with Crippen LogP contribution in [0.25, 0.3) is 0 Å². The second-order valence-corrected chi connectivity index (χ2v) is 7.93. The number of nitrogens with zero attached hydrogens (tertiary/aromatic N) is 2. The van der Waals surface area contributed by atoms with E-state index in [9.17, 15) is 8.42 Å². The predicted octanol–water partition coefficient (Wildman–Crippen LogP) is 0.272. The lowest BCUT2D eigenvalue weighted by atomic mass is 10.00. The molecule has 0 aromatic carbocycles. The van der Waals surface area contributed by atoms with Crippen molar-refractivity contribution in [2.75, 3.05) is 39.8 Å². The Bertz CT molecular complexity index is 403. The van der Waals surface area contributed by atoms with Gasteiger partial charge in [0.15, 0.2) is 0 Å². The number of rotatable bonds is 4. The fourth-order valence-electron chi connectivity index (χ4n) is 3.17. The predicted molar refractivity (Wildman–Crippen MR) is 78.7 cm³/mol. The van der Waals surface area contributed by atoms with Gasteiger partial charge in [-0.05, 0) is 46.2 Å². The molecule has 0 radical (unpaired) electrons. The Hall–Kier alpha value is -0.210. The van der Waals surface area contributed by atoms with Crippen LogP contribution in [-0.4, -0.2) is 69.0 Å². The highest BCUT2D eigenvalue weighted by Gasteiger charge is 2.37. The topological polar surface area (TPSA) is 61.9 Å². The fourth-order valence-corrected chi connectivity index (χ4v) is 5.06. The van der Waals surface area contributed by atoms with Gasteiger partial charge < -0.3 is 10.1 Å². The van der Waals surface area contributed by atoms with E-state index in [1.54, 1.807) is 8.61 Å². The maximum absolute atomic E-state index is 12.8. The van der Waals surface area contributed by atoms with E-state index in [2.05, 4.69) is 5.32 Å². The normalized spacial score (nSPS) is 34.2. The molecule has 0 aromatic heterocycles. The number of hydrogen-bond acceptors (Lipinski definition) is 4. The number of morpholine rings is 1. The Kier molecular flexibility index (Phi) is 5.42. The minimum absolute atomic E-state index is 0.0357. The first-order valence-electron chi connectivity index (χ1n) is 7.48. The first-order valence-corrected chi connectivity index (χ1v) is 8.88. The Morgan fingerprint density at radius 3 is 2.40 bits per heavy atom. The zero-order valence-electron chi connectivity index (χ0n) is 12.7. The molecule has 2 heterocycles. The summed E-state index contributed by atoms with van der Waals surface area (Å²) in [5.74, 6) is 0.416. The van der Waals surface area contributed by atoms with Crippen LogP contribution >= 0.6 is 0 Å². The third-order valence-corrected chi connectivity index (χ3v) is 5.95. The van der Waals surface area contributed by atoms with E-state index in [1.165, 1.54) is 0 Å². The lowest BCUT2D eigenvalue weighted by molar-refractivity contribution is -0.0457. The van der Waals surface area contributed by atoms with Crippen LogP contribution in [0.15, 0.2) is 0 Å². The van der Waals surface area contributed by atoms with E-state index in [-0.39, 0.29) is 12.2 Å².